The van der Waals surface area contributed by atoms with Crippen LogP contribution in [0, 0.1) is 11.8 Å². The molecule has 1 heteroatoms. The van der Waals surface area contributed by atoms with Gasteiger partial charge in [0.2, 0.25) is 0 Å². The molecule has 2 fully saturated rings. The standard InChI is InChI=1S/C24H34O/c1-3-8-19-10-12-21(13-11-19)24(16-6-5-7-17-24)22-14-15-23(25)20(18-22)9-4-2/h3-4,14-15,18-19,21,25H,1-2,5-13,16-17H2. The fourth-order valence-corrected chi connectivity index (χ4v) is 5.52. The van der Waals surface area contributed by atoms with Crippen LogP contribution < -0.4 is 0 Å². The summed E-state index contributed by atoms with van der Waals surface area (Å²) in [6.45, 7) is 7.78. The second-order valence-corrected chi connectivity index (χ2v) is 8.30. The molecule has 0 atom stereocenters. The van der Waals surface area contributed by atoms with Crippen molar-refractivity contribution in [2.24, 2.45) is 11.8 Å². The Hall–Kier alpha value is -1.50. The Morgan fingerprint density at radius 1 is 1.00 bits per heavy atom. The minimum Gasteiger partial charge on any atom is -0.508 e. The summed E-state index contributed by atoms with van der Waals surface area (Å²) < 4.78 is 0. The summed E-state index contributed by atoms with van der Waals surface area (Å²) in [7, 11) is 0. The summed E-state index contributed by atoms with van der Waals surface area (Å²) in [5, 5.41) is 10.2. The molecule has 0 saturated heterocycles. The van der Waals surface area contributed by atoms with E-state index in [9.17, 15) is 5.11 Å². The summed E-state index contributed by atoms with van der Waals surface area (Å²) in [5.41, 5.74) is 2.85. The first-order valence-electron chi connectivity index (χ1n) is 10.2. The molecule has 1 aromatic carbocycles. The van der Waals surface area contributed by atoms with Gasteiger partial charge >= 0.3 is 0 Å². The number of rotatable bonds is 6. The Labute approximate surface area is 153 Å². The van der Waals surface area contributed by atoms with E-state index in [0.29, 0.717) is 11.2 Å². The minimum absolute atomic E-state index is 0.334. The van der Waals surface area contributed by atoms with Crippen molar-refractivity contribution in [3.8, 4) is 5.75 Å². The molecule has 1 nitrogen and oxygen atoms in total. The summed E-state index contributed by atoms with van der Waals surface area (Å²) in [6.07, 6.45) is 18.1. The lowest BCUT2D eigenvalue weighted by Crippen LogP contribution is -2.39. The van der Waals surface area contributed by atoms with Crippen molar-refractivity contribution in [1.82, 2.24) is 0 Å². The smallest absolute Gasteiger partial charge is 0.119 e. The molecule has 0 aliphatic heterocycles. The predicted molar refractivity (Wildman–Crippen MR) is 107 cm³/mol. The molecule has 2 saturated carbocycles. The van der Waals surface area contributed by atoms with Crippen LogP contribution in [0.25, 0.3) is 0 Å². The second-order valence-electron chi connectivity index (χ2n) is 8.30. The Bertz CT molecular complexity index is 586. The van der Waals surface area contributed by atoms with Gasteiger partial charge in [-0.05, 0) is 85.8 Å². The van der Waals surface area contributed by atoms with Gasteiger partial charge in [0.15, 0.2) is 0 Å². The highest BCUT2D eigenvalue weighted by atomic mass is 16.3. The van der Waals surface area contributed by atoms with Crippen molar-refractivity contribution >= 4 is 0 Å². The van der Waals surface area contributed by atoms with Gasteiger partial charge in [0.1, 0.15) is 5.75 Å². The number of allylic oxidation sites excluding steroid dienone is 2. The zero-order valence-electron chi connectivity index (χ0n) is 15.7. The molecule has 25 heavy (non-hydrogen) atoms. The normalized spacial score (nSPS) is 26.1. The van der Waals surface area contributed by atoms with Gasteiger partial charge in [-0.3, -0.25) is 0 Å². The number of hydrogen-bond acceptors (Lipinski definition) is 1. The molecular formula is C24H34O. The number of phenolic OH excluding ortho intramolecular Hbond substituents is 1. The van der Waals surface area contributed by atoms with Crippen LogP contribution in [-0.4, -0.2) is 5.11 Å². The Morgan fingerprint density at radius 2 is 1.72 bits per heavy atom. The van der Waals surface area contributed by atoms with Gasteiger partial charge < -0.3 is 5.11 Å². The highest BCUT2D eigenvalue weighted by Gasteiger charge is 2.42. The molecule has 0 bridgehead atoms. The quantitative estimate of drug-likeness (QED) is 0.572. The van der Waals surface area contributed by atoms with Gasteiger partial charge in [-0.2, -0.15) is 0 Å². The van der Waals surface area contributed by atoms with Crippen LogP contribution in [0.5, 0.6) is 5.75 Å². The predicted octanol–water partition coefficient (Wildman–Crippen LogP) is 6.71. The zero-order chi connectivity index (χ0) is 17.7. The van der Waals surface area contributed by atoms with E-state index in [-0.39, 0.29) is 0 Å². The molecule has 1 N–H and O–H groups in total. The summed E-state index contributed by atoms with van der Waals surface area (Å²) in [5.74, 6) is 2.07. The number of benzene rings is 1. The van der Waals surface area contributed by atoms with Gasteiger partial charge in [0.25, 0.3) is 0 Å². The van der Waals surface area contributed by atoms with E-state index in [4.69, 9.17) is 0 Å². The SMILES string of the molecule is C=CCc1cc(C2(C3CCC(CC=C)CC3)CCCCC2)ccc1O. The van der Waals surface area contributed by atoms with Crippen LogP contribution in [0.3, 0.4) is 0 Å². The Kier molecular flexibility index (Phi) is 6.04. The van der Waals surface area contributed by atoms with E-state index in [2.05, 4.69) is 31.4 Å². The van der Waals surface area contributed by atoms with Crippen LogP contribution in [0.1, 0.15) is 75.3 Å². The van der Waals surface area contributed by atoms with Crippen LogP contribution in [-0.2, 0) is 11.8 Å². The maximum atomic E-state index is 10.2. The van der Waals surface area contributed by atoms with Crippen molar-refractivity contribution < 1.29 is 5.11 Å². The monoisotopic (exact) mass is 338 g/mol. The van der Waals surface area contributed by atoms with Gasteiger partial charge in [-0.15, -0.1) is 13.2 Å². The molecule has 0 amide bonds. The third kappa shape index (κ3) is 3.86. The van der Waals surface area contributed by atoms with Crippen molar-refractivity contribution in [1.29, 1.82) is 0 Å². The van der Waals surface area contributed by atoms with Crippen LogP contribution in [0.2, 0.25) is 0 Å². The van der Waals surface area contributed by atoms with E-state index in [1.165, 1.54) is 69.8 Å². The lowest BCUT2D eigenvalue weighted by atomic mass is 9.57. The Morgan fingerprint density at radius 3 is 2.36 bits per heavy atom. The second kappa shape index (κ2) is 8.25. The van der Waals surface area contributed by atoms with Crippen LogP contribution in [0.15, 0.2) is 43.5 Å². The summed E-state index contributed by atoms with van der Waals surface area (Å²) in [4.78, 5) is 0. The topological polar surface area (TPSA) is 20.2 Å². The van der Waals surface area contributed by atoms with Crippen molar-refractivity contribution in [3.63, 3.8) is 0 Å². The fourth-order valence-electron chi connectivity index (χ4n) is 5.52. The average molecular weight is 339 g/mol. The first kappa shape index (κ1) is 18.3. The third-order valence-corrected chi connectivity index (χ3v) is 6.89. The largest absolute Gasteiger partial charge is 0.508 e. The molecule has 1 aromatic rings. The molecule has 0 spiro atoms. The summed E-state index contributed by atoms with van der Waals surface area (Å²) in [6, 6.07) is 6.43. The van der Waals surface area contributed by atoms with Crippen molar-refractivity contribution in [2.45, 2.75) is 76.0 Å². The zero-order valence-corrected chi connectivity index (χ0v) is 15.7. The highest BCUT2D eigenvalue weighted by molar-refractivity contribution is 5.41. The van der Waals surface area contributed by atoms with E-state index in [0.717, 1.165) is 23.8 Å². The number of aromatic hydroxyl groups is 1. The van der Waals surface area contributed by atoms with Crippen LogP contribution >= 0.6 is 0 Å². The summed E-state index contributed by atoms with van der Waals surface area (Å²) >= 11 is 0. The maximum absolute atomic E-state index is 10.2. The molecule has 3 rings (SSSR count). The van der Waals surface area contributed by atoms with Gasteiger partial charge in [-0.1, -0.05) is 43.5 Å². The molecule has 2 aliphatic rings. The number of phenols is 1. The fraction of sp³-hybridized carbons (Fsp3) is 0.583. The van der Waals surface area contributed by atoms with E-state index >= 15 is 0 Å². The molecule has 0 aromatic heterocycles. The first-order valence-corrected chi connectivity index (χ1v) is 10.2. The molecule has 0 radical (unpaired) electrons. The van der Waals surface area contributed by atoms with E-state index < -0.39 is 0 Å². The minimum atomic E-state index is 0.334. The molecule has 2 aliphatic carbocycles. The van der Waals surface area contributed by atoms with Crippen LogP contribution in [0.4, 0.5) is 0 Å². The molecule has 136 valence electrons. The van der Waals surface area contributed by atoms with Crippen molar-refractivity contribution in [2.75, 3.05) is 0 Å². The van der Waals surface area contributed by atoms with E-state index in [1.54, 1.807) is 0 Å². The van der Waals surface area contributed by atoms with E-state index in [1.807, 2.05) is 12.1 Å². The highest BCUT2D eigenvalue weighted by Crippen LogP contribution is 2.51. The average Bonchev–Trinajstić information content (AvgIpc) is 2.65. The van der Waals surface area contributed by atoms with Crippen molar-refractivity contribution in [3.05, 3.63) is 54.6 Å². The maximum Gasteiger partial charge on any atom is 0.119 e. The van der Waals surface area contributed by atoms with Gasteiger partial charge in [0, 0.05) is 0 Å². The molecule has 0 heterocycles. The van der Waals surface area contributed by atoms with Gasteiger partial charge in [0.05, 0.1) is 0 Å². The molecule has 0 unspecified atom stereocenters. The third-order valence-electron chi connectivity index (χ3n) is 6.89. The Balaban J connectivity index is 1.88. The molecular weight excluding hydrogens is 304 g/mol. The lowest BCUT2D eigenvalue weighted by Gasteiger charge is -2.47. The first-order chi connectivity index (χ1) is 12.2. The number of hydrogen-bond donors (Lipinski definition) is 1. The lowest BCUT2D eigenvalue weighted by molar-refractivity contribution is 0.128. The van der Waals surface area contributed by atoms with Gasteiger partial charge in [-0.25, -0.2) is 0 Å².